The van der Waals surface area contributed by atoms with Crippen LogP contribution < -0.4 is 5.32 Å². The summed E-state index contributed by atoms with van der Waals surface area (Å²) in [6.45, 7) is 0. The zero-order chi connectivity index (χ0) is 55.9. The number of benzene rings is 13. The van der Waals surface area contributed by atoms with Gasteiger partial charge in [0.2, 0.25) is 0 Å². The lowest BCUT2D eigenvalue weighted by Gasteiger charge is -2.30. The van der Waals surface area contributed by atoms with Crippen molar-refractivity contribution in [2.45, 2.75) is 6.04 Å². The molecule has 1 unspecified atom stereocenters. The highest BCUT2D eigenvalue weighted by Gasteiger charge is 2.29. The van der Waals surface area contributed by atoms with Gasteiger partial charge in [-0.25, -0.2) is 9.38 Å². The average molecular weight is 1090 g/mol. The monoisotopic (exact) mass is 1090 g/mol. The molecule has 85 heavy (non-hydrogen) atoms. The number of aliphatic imine (C=N–C) groups is 1. The Hall–Kier alpha value is -11.3. The maximum atomic E-state index is 14.8. The minimum Gasteiger partial charge on any atom is -0.359 e. The maximum Gasteiger partial charge on any atom is 0.134 e. The van der Waals surface area contributed by atoms with Crippen LogP contribution in [0, 0.1) is 5.82 Å². The molecule has 0 aliphatic carbocycles. The first-order valence-electron chi connectivity index (χ1n) is 29.0. The van der Waals surface area contributed by atoms with Crippen LogP contribution in [-0.2, 0) is 0 Å². The van der Waals surface area contributed by atoms with Crippen LogP contribution >= 0.6 is 0 Å². The SMILES string of the molecule is Fc1cccc(-c2cccc(C3=Nc4ccc5ccccc5c4C(c4cc(-n5c6ccccc6c6cc(-n7c8ccccc8c8ccccc87)ccc65)cc(-n5c6ccccc6c6cc(-n7c8ccccc8c8ccccc87)ccc65)c4)N3)c2)c1. The van der Waals surface area contributed by atoms with Crippen LogP contribution in [-0.4, -0.2) is 24.1 Å². The molecule has 4 aromatic heterocycles. The van der Waals surface area contributed by atoms with Crippen molar-refractivity contribution in [2.75, 3.05) is 0 Å². The van der Waals surface area contributed by atoms with Gasteiger partial charge < -0.3 is 23.6 Å². The highest BCUT2D eigenvalue weighted by atomic mass is 19.1. The molecule has 0 saturated carbocycles. The minimum absolute atomic E-state index is 0.272. The number of halogens is 1. The lowest BCUT2D eigenvalue weighted by atomic mass is 9.89. The largest absolute Gasteiger partial charge is 0.359 e. The predicted octanol–water partition coefficient (Wildman–Crippen LogP) is 19.8. The molecule has 0 saturated heterocycles. The molecule has 5 heterocycles. The molecule has 18 rings (SSSR count). The topological polar surface area (TPSA) is 44.1 Å². The van der Waals surface area contributed by atoms with E-state index < -0.39 is 0 Å². The summed E-state index contributed by atoms with van der Waals surface area (Å²) in [4.78, 5) is 5.45. The Labute approximate surface area is 487 Å². The normalized spacial score (nSPS) is 13.5. The number of hydrogen-bond donors (Lipinski definition) is 1. The molecule has 0 spiro atoms. The zero-order valence-corrected chi connectivity index (χ0v) is 45.8. The second-order valence-corrected chi connectivity index (χ2v) is 22.5. The molecule has 17 aromatic rings. The fourth-order valence-corrected chi connectivity index (χ4v) is 14.2. The fraction of sp³-hybridized carbons (Fsp3) is 0.0128. The lowest BCUT2D eigenvalue weighted by molar-refractivity contribution is 0.628. The van der Waals surface area contributed by atoms with Gasteiger partial charge >= 0.3 is 0 Å². The number of aromatic nitrogens is 4. The fourth-order valence-electron chi connectivity index (χ4n) is 14.2. The maximum absolute atomic E-state index is 14.8. The van der Waals surface area contributed by atoms with E-state index in [1.54, 1.807) is 12.1 Å². The van der Waals surface area contributed by atoms with Crippen molar-refractivity contribution in [1.29, 1.82) is 0 Å². The van der Waals surface area contributed by atoms with Crippen molar-refractivity contribution in [2.24, 2.45) is 4.99 Å². The predicted molar refractivity (Wildman–Crippen MR) is 351 cm³/mol. The van der Waals surface area contributed by atoms with Crippen molar-refractivity contribution in [3.63, 3.8) is 0 Å². The van der Waals surface area contributed by atoms with Crippen molar-refractivity contribution < 1.29 is 4.39 Å². The van der Waals surface area contributed by atoms with Crippen LogP contribution in [0.15, 0.2) is 290 Å². The van der Waals surface area contributed by atoms with Gasteiger partial charge in [0.15, 0.2) is 0 Å². The Kier molecular flexibility index (Phi) is 10.2. The van der Waals surface area contributed by atoms with Gasteiger partial charge in [0.05, 0.1) is 55.9 Å². The number of hydrogen-bond acceptors (Lipinski definition) is 2. The molecule has 7 heteroatoms. The molecule has 6 nitrogen and oxygen atoms in total. The highest BCUT2D eigenvalue weighted by Crippen LogP contribution is 2.45. The first kappa shape index (κ1) is 47.4. The van der Waals surface area contributed by atoms with Gasteiger partial charge in [-0.15, -0.1) is 0 Å². The Morgan fingerprint density at radius 1 is 0.294 bits per heavy atom. The van der Waals surface area contributed by atoms with Crippen molar-refractivity contribution >= 4 is 110 Å². The molecule has 398 valence electrons. The van der Waals surface area contributed by atoms with Crippen LogP contribution in [0.2, 0.25) is 0 Å². The summed E-state index contributed by atoms with van der Waals surface area (Å²) in [5.74, 6) is 0.466. The third-order valence-electron chi connectivity index (χ3n) is 17.8. The number of nitrogens with zero attached hydrogens (tertiary/aromatic N) is 5. The summed E-state index contributed by atoms with van der Waals surface area (Å²) < 4.78 is 24.5. The first-order valence-corrected chi connectivity index (χ1v) is 29.0. The summed E-state index contributed by atoms with van der Waals surface area (Å²) in [7, 11) is 0. The van der Waals surface area contributed by atoms with Crippen LogP contribution in [0.3, 0.4) is 0 Å². The van der Waals surface area contributed by atoms with E-state index in [-0.39, 0.29) is 11.9 Å². The van der Waals surface area contributed by atoms with E-state index in [2.05, 4.69) is 272 Å². The molecule has 0 amide bonds. The van der Waals surface area contributed by atoms with Crippen LogP contribution in [0.1, 0.15) is 22.7 Å². The number of para-hydroxylation sites is 6. The second-order valence-electron chi connectivity index (χ2n) is 22.5. The van der Waals surface area contributed by atoms with Gasteiger partial charge in [-0.1, -0.05) is 170 Å². The lowest BCUT2D eigenvalue weighted by Crippen LogP contribution is -2.33. The van der Waals surface area contributed by atoms with E-state index in [1.807, 2.05) is 18.2 Å². The average Bonchev–Trinajstić information content (AvgIpc) is 2.53. The zero-order valence-electron chi connectivity index (χ0n) is 45.8. The van der Waals surface area contributed by atoms with E-state index >= 15 is 0 Å². The molecule has 13 aromatic carbocycles. The highest BCUT2D eigenvalue weighted by molar-refractivity contribution is 6.15. The van der Waals surface area contributed by atoms with Crippen LogP contribution in [0.4, 0.5) is 10.1 Å². The van der Waals surface area contributed by atoms with E-state index in [0.29, 0.717) is 0 Å². The quantitative estimate of drug-likeness (QED) is 0.170. The summed E-state index contributed by atoms with van der Waals surface area (Å²) in [6, 6.07) is 101. The van der Waals surface area contributed by atoms with Gasteiger partial charge in [-0.2, -0.15) is 0 Å². The molecule has 0 bridgehead atoms. The summed E-state index contributed by atoms with van der Waals surface area (Å²) in [5.41, 5.74) is 19.1. The number of nitrogens with one attached hydrogen (secondary N) is 1. The Morgan fingerprint density at radius 3 is 1.19 bits per heavy atom. The van der Waals surface area contributed by atoms with Crippen LogP contribution in [0.25, 0.3) is 132 Å². The van der Waals surface area contributed by atoms with Gasteiger partial charge in [0.1, 0.15) is 11.7 Å². The van der Waals surface area contributed by atoms with Gasteiger partial charge in [-0.3, -0.25) is 0 Å². The molecule has 1 atom stereocenters. The summed E-state index contributed by atoms with van der Waals surface area (Å²) in [6.07, 6.45) is 0. The van der Waals surface area contributed by atoms with Gasteiger partial charge in [0.25, 0.3) is 0 Å². The Balaban J connectivity index is 0.895. The summed E-state index contributed by atoms with van der Waals surface area (Å²) in [5, 5.41) is 15.9. The molecular formula is C78H49FN6. The van der Waals surface area contributed by atoms with Gasteiger partial charge in [-0.05, 0) is 143 Å². The van der Waals surface area contributed by atoms with Crippen molar-refractivity contribution in [3.8, 4) is 33.9 Å². The number of rotatable bonds is 7. The number of amidine groups is 1. The molecule has 0 fully saturated rings. The van der Waals surface area contributed by atoms with E-state index in [1.165, 1.54) is 60.5 Å². The van der Waals surface area contributed by atoms with Crippen LogP contribution in [0.5, 0.6) is 0 Å². The van der Waals surface area contributed by atoms with Gasteiger partial charge in [0, 0.05) is 77.0 Å². The van der Waals surface area contributed by atoms with Crippen molar-refractivity contribution in [1.82, 2.24) is 23.6 Å². The van der Waals surface area contributed by atoms with Crippen molar-refractivity contribution in [3.05, 3.63) is 308 Å². The van der Waals surface area contributed by atoms with E-state index in [4.69, 9.17) is 4.99 Å². The molecule has 1 N–H and O–H groups in total. The number of fused-ring (bicyclic) bond motifs is 15. The molecule has 0 radical (unpaired) electrons. The molecular weight excluding hydrogens is 1040 g/mol. The second kappa shape index (κ2) is 18.4. The Morgan fingerprint density at radius 2 is 0.694 bits per heavy atom. The molecule has 1 aliphatic rings. The standard InChI is InChI=1S/C78H49FN6/c79-53-21-16-19-50(42-53)49-18-15-20-51(41-49)78-80-67-38-35-48-17-1-2-22-58(48)76(67)77(81-78)52-43-56(84-72-33-13-7-27-63(72)65-46-54(36-39-74(65)84)82-68-29-9-3-23-59(68)60-24-4-10-30-69(60)82)45-57(44-52)85-73-34-14-8-28-64(73)66-47-55(37-40-75(66)85)83-70-31-11-5-25-61(70)62-26-6-12-32-71(62)83/h1-47,77H,(H,80,81). The van der Waals surface area contributed by atoms with E-state index in [9.17, 15) is 4.39 Å². The molecule has 1 aliphatic heterocycles. The smallest absolute Gasteiger partial charge is 0.134 e. The minimum atomic E-state index is -0.366. The summed E-state index contributed by atoms with van der Waals surface area (Å²) >= 11 is 0. The Bertz CT molecular complexity index is 5340. The van der Waals surface area contributed by atoms with E-state index in [0.717, 1.165) is 106 Å². The first-order chi connectivity index (χ1) is 42.1. The third-order valence-corrected chi connectivity index (χ3v) is 17.8. The third kappa shape index (κ3) is 7.20.